The third-order valence-electron chi connectivity index (χ3n) is 3.60. The molecule has 0 aliphatic heterocycles. The van der Waals surface area contributed by atoms with Gasteiger partial charge in [-0.3, -0.25) is 9.89 Å². The van der Waals surface area contributed by atoms with E-state index < -0.39 is 0 Å². The highest BCUT2D eigenvalue weighted by molar-refractivity contribution is 5.92. The quantitative estimate of drug-likeness (QED) is 0.843. The van der Waals surface area contributed by atoms with E-state index in [9.17, 15) is 4.79 Å². The number of carbonyl (C=O) groups excluding carboxylic acids is 1. The zero-order chi connectivity index (χ0) is 12.3. The lowest BCUT2D eigenvalue weighted by atomic mass is 9.97. The number of anilines is 1. The van der Waals surface area contributed by atoms with E-state index >= 15 is 0 Å². The molecule has 1 aliphatic rings. The van der Waals surface area contributed by atoms with Gasteiger partial charge in [0, 0.05) is 17.7 Å². The molecule has 1 aromatic heterocycles. The van der Waals surface area contributed by atoms with E-state index in [1.807, 2.05) is 6.07 Å². The second-order valence-electron chi connectivity index (χ2n) is 5.03. The van der Waals surface area contributed by atoms with Crippen LogP contribution in [0.1, 0.15) is 45.2 Å². The molecule has 0 spiro atoms. The van der Waals surface area contributed by atoms with Crippen molar-refractivity contribution >= 4 is 11.7 Å². The van der Waals surface area contributed by atoms with Crippen LogP contribution in [-0.4, -0.2) is 16.1 Å². The molecule has 17 heavy (non-hydrogen) atoms. The summed E-state index contributed by atoms with van der Waals surface area (Å²) in [5.41, 5.74) is 1.09. The van der Waals surface area contributed by atoms with Crippen LogP contribution in [-0.2, 0) is 11.2 Å². The van der Waals surface area contributed by atoms with Crippen LogP contribution in [0.25, 0.3) is 0 Å². The first-order valence-electron chi connectivity index (χ1n) is 6.56. The fourth-order valence-electron chi connectivity index (χ4n) is 2.58. The van der Waals surface area contributed by atoms with Crippen LogP contribution >= 0.6 is 0 Å². The van der Waals surface area contributed by atoms with Gasteiger partial charge in [-0.1, -0.05) is 26.7 Å². The van der Waals surface area contributed by atoms with E-state index in [1.54, 1.807) is 0 Å². The van der Waals surface area contributed by atoms with Crippen molar-refractivity contribution in [1.82, 2.24) is 10.2 Å². The van der Waals surface area contributed by atoms with E-state index in [4.69, 9.17) is 0 Å². The average molecular weight is 235 g/mol. The zero-order valence-electron chi connectivity index (χ0n) is 10.6. The molecule has 1 amide bonds. The van der Waals surface area contributed by atoms with Crippen molar-refractivity contribution < 1.29 is 4.79 Å². The highest BCUT2D eigenvalue weighted by atomic mass is 16.2. The second-order valence-corrected chi connectivity index (χ2v) is 5.03. The van der Waals surface area contributed by atoms with Gasteiger partial charge in [-0.15, -0.1) is 0 Å². The van der Waals surface area contributed by atoms with Gasteiger partial charge in [-0.05, 0) is 25.2 Å². The van der Waals surface area contributed by atoms with Crippen LogP contribution in [0.3, 0.4) is 0 Å². The predicted molar refractivity (Wildman–Crippen MR) is 67.7 cm³/mol. The van der Waals surface area contributed by atoms with Crippen molar-refractivity contribution in [3.63, 3.8) is 0 Å². The van der Waals surface area contributed by atoms with E-state index in [0.717, 1.165) is 25.0 Å². The lowest BCUT2D eigenvalue weighted by molar-refractivity contribution is -0.120. The zero-order valence-corrected chi connectivity index (χ0v) is 10.6. The molecule has 1 fully saturated rings. The summed E-state index contributed by atoms with van der Waals surface area (Å²) in [6.45, 7) is 4.28. The highest BCUT2D eigenvalue weighted by Gasteiger charge is 2.29. The summed E-state index contributed by atoms with van der Waals surface area (Å²) in [6.07, 6.45) is 5.40. The lowest BCUT2D eigenvalue weighted by Crippen LogP contribution is -2.24. The Bertz CT molecular complexity index is 386. The van der Waals surface area contributed by atoms with Gasteiger partial charge < -0.3 is 5.32 Å². The number of aromatic amines is 1. The monoisotopic (exact) mass is 235 g/mol. The maximum atomic E-state index is 12.0. The normalized spacial score (nSPS) is 23.9. The van der Waals surface area contributed by atoms with Crippen LogP contribution < -0.4 is 5.32 Å². The Morgan fingerprint density at radius 2 is 2.41 bits per heavy atom. The number of nitrogens with one attached hydrogen (secondary N) is 2. The molecule has 2 unspecified atom stereocenters. The van der Waals surface area contributed by atoms with Gasteiger partial charge in [0.2, 0.25) is 5.91 Å². The molecule has 0 radical (unpaired) electrons. The smallest absolute Gasteiger partial charge is 0.228 e. The SMILES string of the molecule is CCCc1cc(NC(=O)C2CCCC2C)n[nH]1. The molecule has 0 bridgehead atoms. The molecule has 2 N–H and O–H groups in total. The summed E-state index contributed by atoms with van der Waals surface area (Å²) in [4.78, 5) is 12.0. The number of nitrogens with zero attached hydrogens (tertiary/aromatic N) is 1. The van der Waals surface area contributed by atoms with Crippen molar-refractivity contribution in [3.8, 4) is 0 Å². The lowest BCUT2D eigenvalue weighted by Gasteiger charge is -2.13. The molecule has 1 saturated carbocycles. The highest BCUT2D eigenvalue weighted by Crippen LogP contribution is 2.31. The molecule has 4 nitrogen and oxygen atoms in total. The Labute approximate surface area is 102 Å². The minimum atomic E-state index is 0.129. The number of aryl methyl sites for hydroxylation is 1. The molecular weight excluding hydrogens is 214 g/mol. The predicted octanol–water partition coefficient (Wildman–Crippen LogP) is 2.74. The minimum absolute atomic E-state index is 0.129. The number of carbonyl (C=O) groups is 1. The van der Waals surface area contributed by atoms with Gasteiger partial charge in [0.1, 0.15) is 0 Å². The van der Waals surface area contributed by atoms with E-state index in [-0.39, 0.29) is 11.8 Å². The number of aromatic nitrogens is 2. The first-order valence-corrected chi connectivity index (χ1v) is 6.56. The fourth-order valence-corrected chi connectivity index (χ4v) is 2.58. The molecule has 2 rings (SSSR count). The second kappa shape index (κ2) is 5.34. The van der Waals surface area contributed by atoms with E-state index in [2.05, 4.69) is 29.4 Å². The summed E-state index contributed by atoms with van der Waals surface area (Å²) in [6, 6.07) is 1.93. The molecule has 1 aliphatic carbocycles. The van der Waals surface area contributed by atoms with Crippen molar-refractivity contribution in [2.24, 2.45) is 11.8 Å². The molecule has 94 valence electrons. The van der Waals surface area contributed by atoms with Crippen molar-refractivity contribution in [3.05, 3.63) is 11.8 Å². The number of rotatable bonds is 4. The average Bonchev–Trinajstić information content (AvgIpc) is 2.88. The summed E-state index contributed by atoms with van der Waals surface area (Å²) < 4.78 is 0. The van der Waals surface area contributed by atoms with E-state index in [0.29, 0.717) is 11.7 Å². The summed E-state index contributed by atoms with van der Waals surface area (Å²) >= 11 is 0. The van der Waals surface area contributed by atoms with Gasteiger partial charge in [0.05, 0.1) is 0 Å². The molecular formula is C13H21N3O. The number of hydrogen-bond donors (Lipinski definition) is 2. The number of H-pyrrole nitrogens is 1. The summed E-state index contributed by atoms with van der Waals surface area (Å²) in [7, 11) is 0. The van der Waals surface area contributed by atoms with Gasteiger partial charge in [-0.25, -0.2) is 0 Å². The largest absolute Gasteiger partial charge is 0.309 e. The Morgan fingerprint density at radius 1 is 1.59 bits per heavy atom. The minimum Gasteiger partial charge on any atom is -0.309 e. The third-order valence-corrected chi connectivity index (χ3v) is 3.60. The summed E-state index contributed by atoms with van der Waals surface area (Å²) in [5.74, 6) is 1.47. The van der Waals surface area contributed by atoms with Gasteiger partial charge >= 0.3 is 0 Å². The van der Waals surface area contributed by atoms with Crippen molar-refractivity contribution in [2.45, 2.75) is 46.0 Å². The molecule has 0 saturated heterocycles. The standard InChI is InChI=1S/C13H21N3O/c1-3-5-10-8-12(16-15-10)14-13(17)11-7-4-6-9(11)2/h8-9,11H,3-7H2,1-2H3,(H2,14,15,16,17). The van der Waals surface area contributed by atoms with Crippen molar-refractivity contribution in [2.75, 3.05) is 5.32 Å². The molecule has 4 heteroatoms. The molecule has 1 heterocycles. The summed E-state index contributed by atoms with van der Waals surface area (Å²) in [5, 5.41) is 9.98. The Morgan fingerprint density at radius 3 is 3.06 bits per heavy atom. The molecule has 2 atom stereocenters. The Balaban J connectivity index is 1.93. The van der Waals surface area contributed by atoms with Crippen molar-refractivity contribution in [1.29, 1.82) is 0 Å². The first kappa shape index (κ1) is 12.1. The van der Waals surface area contributed by atoms with Crippen LogP contribution in [0.5, 0.6) is 0 Å². The topological polar surface area (TPSA) is 57.8 Å². The maximum Gasteiger partial charge on any atom is 0.228 e. The van der Waals surface area contributed by atoms with E-state index in [1.165, 1.54) is 12.8 Å². The van der Waals surface area contributed by atoms with Crippen LogP contribution in [0.2, 0.25) is 0 Å². The Kier molecular flexibility index (Phi) is 3.82. The Hall–Kier alpha value is -1.32. The van der Waals surface area contributed by atoms with Gasteiger partial charge in [0.25, 0.3) is 0 Å². The van der Waals surface area contributed by atoms with Gasteiger partial charge in [0.15, 0.2) is 5.82 Å². The first-order chi connectivity index (χ1) is 8.20. The van der Waals surface area contributed by atoms with Crippen LogP contribution in [0, 0.1) is 11.8 Å². The van der Waals surface area contributed by atoms with Gasteiger partial charge in [-0.2, -0.15) is 5.10 Å². The van der Waals surface area contributed by atoms with Crippen LogP contribution in [0.15, 0.2) is 6.07 Å². The third kappa shape index (κ3) is 2.87. The number of amides is 1. The maximum absolute atomic E-state index is 12.0. The molecule has 0 aromatic carbocycles. The van der Waals surface area contributed by atoms with Crippen LogP contribution in [0.4, 0.5) is 5.82 Å². The number of hydrogen-bond acceptors (Lipinski definition) is 2. The molecule has 1 aromatic rings. The fraction of sp³-hybridized carbons (Fsp3) is 0.692.